The molecule has 3 N–H and O–H groups in total. The maximum absolute atomic E-state index is 12.5. The number of amides is 1. The van der Waals surface area contributed by atoms with E-state index in [4.69, 9.17) is 12.2 Å². The number of nitrogens with one attached hydrogen (secondary N) is 3. The van der Waals surface area contributed by atoms with Crippen LogP contribution in [-0.4, -0.2) is 26.0 Å². The molecule has 3 rings (SSSR count). The second-order valence-electron chi connectivity index (χ2n) is 7.51. The Balaban J connectivity index is 1.47. The molecule has 160 valence electrons. The van der Waals surface area contributed by atoms with Gasteiger partial charge in [0.25, 0.3) is 0 Å². The van der Waals surface area contributed by atoms with E-state index >= 15 is 0 Å². The summed E-state index contributed by atoms with van der Waals surface area (Å²) in [7, 11) is -3.59. The summed E-state index contributed by atoms with van der Waals surface area (Å²) in [6.07, 6.45) is 5.70. The average molecular weight is 446 g/mol. The van der Waals surface area contributed by atoms with Crippen molar-refractivity contribution in [2.45, 2.75) is 43.4 Å². The van der Waals surface area contributed by atoms with Crippen molar-refractivity contribution in [3.05, 3.63) is 60.2 Å². The number of rotatable bonds is 8. The summed E-state index contributed by atoms with van der Waals surface area (Å²) in [5, 5.41) is 5.84. The quantitative estimate of drug-likeness (QED) is 0.541. The summed E-state index contributed by atoms with van der Waals surface area (Å²) in [4.78, 5) is 12.2. The number of thiocarbonyl (C=S) groups is 1. The maximum atomic E-state index is 12.5. The highest BCUT2D eigenvalue weighted by Gasteiger charge is 2.19. The highest BCUT2D eigenvalue weighted by molar-refractivity contribution is 7.89. The Bertz CT molecular complexity index is 955. The van der Waals surface area contributed by atoms with Gasteiger partial charge in [0.15, 0.2) is 5.11 Å². The first-order valence-corrected chi connectivity index (χ1v) is 12.1. The van der Waals surface area contributed by atoms with Gasteiger partial charge in [0.2, 0.25) is 15.9 Å². The molecule has 0 radical (unpaired) electrons. The van der Waals surface area contributed by atoms with Gasteiger partial charge in [0, 0.05) is 18.7 Å². The molecule has 1 saturated carbocycles. The van der Waals surface area contributed by atoms with Gasteiger partial charge < -0.3 is 10.6 Å². The van der Waals surface area contributed by atoms with Crippen LogP contribution in [0.1, 0.15) is 37.7 Å². The van der Waals surface area contributed by atoms with Gasteiger partial charge in [-0.05, 0) is 67.2 Å². The molecule has 2 aromatic carbocycles. The molecule has 2 aromatic rings. The molecule has 30 heavy (non-hydrogen) atoms. The van der Waals surface area contributed by atoms with Crippen molar-refractivity contribution in [1.29, 1.82) is 0 Å². The lowest BCUT2D eigenvalue weighted by molar-refractivity contribution is -0.120. The van der Waals surface area contributed by atoms with Crippen molar-refractivity contribution in [3.63, 3.8) is 0 Å². The lowest BCUT2D eigenvalue weighted by Crippen LogP contribution is -2.34. The summed E-state index contributed by atoms with van der Waals surface area (Å²) in [6, 6.07) is 16.0. The molecule has 1 aliphatic carbocycles. The smallest absolute Gasteiger partial charge is 0.240 e. The van der Waals surface area contributed by atoms with Crippen LogP contribution in [0.2, 0.25) is 0 Å². The van der Waals surface area contributed by atoms with Crippen LogP contribution in [0.3, 0.4) is 0 Å². The van der Waals surface area contributed by atoms with Gasteiger partial charge in [-0.15, -0.1) is 0 Å². The number of anilines is 1. The number of carbonyl (C=O) groups excluding carboxylic acids is 1. The number of sulfonamides is 1. The Morgan fingerprint density at radius 3 is 2.33 bits per heavy atom. The molecule has 0 aromatic heterocycles. The van der Waals surface area contributed by atoms with E-state index in [0.29, 0.717) is 31.0 Å². The van der Waals surface area contributed by atoms with Crippen molar-refractivity contribution >= 4 is 38.9 Å². The van der Waals surface area contributed by atoms with E-state index in [-0.39, 0.29) is 15.9 Å². The Labute approximate surface area is 183 Å². The third-order valence-electron chi connectivity index (χ3n) is 5.17. The molecule has 1 fully saturated rings. The third kappa shape index (κ3) is 6.90. The van der Waals surface area contributed by atoms with Gasteiger partial charge in [0.1, 0.15) is 0 Å². The Kier molecular flexibility index (Phi) is 7.95. The Morgan fingerprint density at radius 2 is 1.67 bits per heavy atom. The predicted octanol–water partition coefficient (Wildman–Crippen LogP) is 3.60. The first kappa shape index (κ1) is 22.4. The zero-order valence-corrected chi connectivity index (χ0v) is 18.4. The van der Waals surface area contributed by atoms with E-state index in [1.165, 1.54) is 25.0 Å². The van der Waals surface area contributed by atoms with Gasteiger partial charge in [-0.2, -0.15) is 0 Å². The summed E-state index contributed by atoms with van der Waals surface area (Å²) in [5.74, 6) is 0.368. The average Bonchev–Trinajstić information content (AvgIpc) is 3.22. The minimum Gasteiger partial charge on any atom is -0.332 e. The molecule has 6 nitrogen and oxygen atoms in total. The lowest BCUT2D eigenvalue weighted by Gasteiger charge is -2.12. The Hall–Kier alpha value is -2.29. The molecule has 8 heteroatoms. The summed E-state index contributed by atoms with van der Waals surface area (Å²) in [6.45, 7) is 0.323. The lowest BCUT2D eigenvalue weighted by atomic mass is 10.0. The van der Waals surface area contributed by atoms with Crippen molar-refractivity contribution in [2.24, 2.45) is 5.92 Å². The molecule has 1 aliphatic rings. The van der Waals surface area contributed by atoms with E-state index in [0.717, 1.165) is 18.4 Å². The second kappa shape index (κ2) is 10.7. The number of carbonyl (C=O) groups is 1. The van der Waals surface area contributed by atoms with Crippen LogP contribution in [0.25, 0.3) is 0 Å². The number of hydrogen-bond acceptors (Lipinski definition) is 4. The minimum atomic E-state index is -3.59. The third-order valence-corrected chi connectivity index (χ3v) is 6.85. The topological polar surface area (TPSA) is 87.3 Å². The van der Waals surface area contributed by atoms with Crippen LogP contribution < -0.4 is 15.4 Å². The van der Waals surface area contributed by atoms with Crippen molar-refractivity contribution < 1.29 is 13.2 Å². The van der Waals surface area contributed by atoms with Gasteiger partial charge in [-0.3, -0.25) is 4.79 Å². The minimum absolute atomic E-state index is 0.0822. The summed E-state index contributed by atoms with van der Waals surface area (Å²) >= 11 is 5.19. The van der Waals surface area contributed by atoms with Crippen molar-refractivity contribution in [1.82, 2.24) is 10.0 Å². The molecule has 0 aliphatic heterocycles. The standard InChI is InChI=1S/C22H27N3O3S2/c26-21(16-18-8-4-5-9-18)25-22(29)24-19-10-12-20(13-11-19)30(27,28)23-15-14-17-6-2-1-3-7-17/h1-3,6-7,10-13,18,23H,4-5,8-9,14-16H2,(H2,24,25,26,29). The van der Waals surface area contributed by atoms with E-state index in [1.807, 2.05) is 30.3 Å². The fourth-order valence-corrected chi connectivity index (χ4v) is 4.86. The maximum Gasteiger partial charge on any atom is 0.240 e. The fraction of sp³-hybridized carbons (Fsp3) is 0.364. The number of benzene rings is 2. The van der Waals surface area contributed by atoms with E-state index < -0.39 is 10.0 Å². The Morgan fingerprint density at radius 1 is 1.00 bits per heavy atom. The van der Waals surface area contributed by atoms with Crippen LogP contribution >= 0.6 is 12.2 Å². The molecule has 0 unspecified atom stereocenters. The zero-order chi connectivity index (χ0) is 21.4. The second-order valence-corrected chi connectivity index (χ2v) is 9.69. The fourth-order valence-electron chi connectivity index (χ4n) is 3.59. The van der Waals surface area contributed by atoms with Crippen LogP contribution in [0.4, 0.5) is 5.69 Å². The van der Waals surface area contributed by atoms with Gasteiger partial charge in [-0.1, -0.05) is 43.2 Å². The van der Waals surface area contributed by atoms with E-state index in [2.05, 4.69) is 15.4 Å². The summed E-state index contributed by atoms with van der Waals surface area (Å²) in [5.41, 5.74) is 1.69. The van der Waals surface area contributed by atoms with Gasteiger partial charge in [0.05, 0.1) is 4.90 Å². The highest BCUT2D eigenvalue weighted by Crippen LogP contribution is 2.27. The monoisotopic (exact) mass is 445 g/mol. The van der Waals surface area contributed by atoms with Crippen molar-refractivity contribution in [2.75, 3.05) is 11.9 Å². The normalized spacial score (nSPS) is 14.4. The molecule has 0 saturated heterocycles. The SMILES string of the molecule is O=C(CC1CCCC1)NC(=S)Nc1ccc(S(=O)(=O)NCCc2ccccc2)cc1. The van der Waals surface area contributed by atoms with Gasteiger partial charge in [-0.25, -0.2) is 13.1 Å². The molecule has 0 atom stereocenters. The zero-order valence-electron chi connectivity index (χ0n) is 16.8. The molecule has 0 heterocycles. The molecule has 0 bridgehead atoms. The highest BCUT2D eigenvalue weighted by atomic mass is 32.2. The predicted molar refractivity (Wildman–Crippen MR) is 123 cm³/mol. The first-order valence-electron chi connectivity index (χ1n) is 10.2. The molecular weight excluding hydrogens is 418 g/mol. The van der Waals surface area contributed by atoms with Crippen LogP contribution in [0.15, 0.2) is 59.5 Å². The van der Waals surface area contributed by atoms with Crippen LogP contribution in [0, 0.1) is 5.92 Å². The van der Waals surface area contributed by atoms with E-state index in [1.54, 1.807) is 12.1 Å². The van der Waals surface area contributed by atoms with Crippen molar-refractivity contribution in [3.8, 4) is 0 Å². The summed E-state index contributed by atoms with van der Waals surface area (Å²) < 4.78 is 27.5. The molecule has 1 amide bonds. The van der Waals surface area contributed by atoms with Crippen LogP contribution in [-0.2, 0) is 21.2 Å². The van der Waals surface area contributed by atoms with E-state index in [9.17, 15) is 13.2 Å². The number of hydrogen-bond donors (Lipinski definition) is 3. The largest absolute Gasteiger partial charge is 0.332 e. The van der Waals surface area contributed by atoms with Gasteiger partial charge >= 0.3 is 0 Å². The first-order chi connectivity index (χ1) is 14.4. The molecule has 0 spiro atoms. The van der Waals surface area contributed by atoms with Crippen LogP contribution in [0.5, 0.6) is 0 Å². The molecular formula is C22H27N3O3S2.